The summed E-state index contributed by atoms with van der Waals surface area (Å²) in [5.41, 5.74) is 2.40. The standard InChI is InChI=1S/C18H23ClN4O.ClH/c1-12(2)17-16(18(24)22-14-6-4-8-20-10-14)11-21-23(17)15-7-3-5-13(19)9-15;/h3,5,7,9,11-12,14,20H,4,6,8,10H2,1-2H3,(H,22,24);1H/t14-;/m0./s1. The Kier molecular flexibility index (Phi) is 6.87. The van der Waals surface area contributed by atoms with Crippen molar-refractivity contribution >= 4 is 29.9 Å². The third kappa shape index (κ3) is 4.54. The van der Waals surface area contributed by atoms with Gasteiger partial charge in [0.05, 0.1) is 23.1 Å². The highest BCUT2D eigenvalue weighted by Gasteiger charge is 2.23. The lowest BCUT2D eigenvalue weighted by Crippen LogP contribution is -2.45. The molecule has 2 N–H and O–H groups in total. The number of benzene rings is 1. The van der Waals surface area contributed by atoms with Crippen molar-refractivity contribution in [3.05, 3.63) is 46.7 Å². The predicted molar refractivity (Wildman–Crippen MR) is 103 cm³/mol. The molecule has 1 fully saturated rings. The van der Waals surface area contributed by atoms with Gasteiger partial charge in [0.2, 0.25) is 0 Å². The Hall–Kier alpha value is -1.56. The van der Waals surface area contributed by atoms with Gasteiger partial charge in [-0.25, -0.2) is 4.68 Å². The molecule has 1 aliphatic heterocycles. The minimum absolute atomic E-state index is 0. The van der Waals surface area contributed by atoms with Gasteiger partial charge in [0.15, 0.2) is 0 Å². The van der Waals surface area contributed by atoms with E-state index in [1.54, 1.807) is 6.20 Å². The number of hydrogen-bond donors (Lipinski definition) is 2. The molecule has 25 heavy (non-hydrogen) atoms. The zero-order valence-electron chi connectivity index (χ0n) is 14.5. The fourth-order valence-corrected chi connectivity index (χ4v) is 3.32. The quantitative estimate of drug-likeness (QED) is 0.849. The maximum atomic E-state index is 12.7. The van der Waals surface area contributed by atoms with E-state index >= 15 is 0 Å². The van der Waals surface area contributed by atoms with Gasteiger partial charge in [0.25, 0.3) is 5.91 Å². The minimum Gasteiger partial charge on any atom is -0.348 e. The zero-order valence-corrected chi connectivity index (χ0v) is 16.0. The summed E-state index contributed by atoms with van der Waals surface area (Å²) in [4.78, 5) is 12.7. The molecule has 136 valence electrons. The number of amides is 1. The molecule has 1 amide bonds. The summed E-state index contributed by atoms with van der Waals surface area (Å²) in [5.74, 6) is 0.109. The van der Waals surface area contributed by atoms with E-state index in [9.17, 15) is 4.79 Å². The third-order valence-corrected chi connectivity index (χ3v) is 4.52. The van der Waals surface area contributed by atoms with Crippen molar-refractivity contribution in [2.45, 2.75) is 38.6 Å². The van der Waals surface area contributed by atoms with Crippen LogP contribution in [0.15, 0.2) is 30.5 Å². The zero-order chi connectivity index (χ0) is 17.1. The number of aromatic nitrogens is 2. The van der Waals surface area contributed by atoms with Crippen LogP contribution in [0.5, 0.6) is 0 Å². The summed E-state index contributed by atoms with van der Waals surface area (Å²) in [7, 11) is 0. The number of nitrogens with one attached hydrogen (secondary N) is 2. The number of rotatable bonds is 4. The van der Waals surface area contributed by atoms with Crippen molar-refractivity contribution in [3.63, 3.8) is 0 Å². The largest absolute Gasteiger partial charge is 0.348 e. The van der Waals surface area contributed by atoms with Gasteiger partial charge in [-0.1, -0.05) is 31.5 Å². The summed E-state index contributed by atoms with van der Waals surface area (Å²) < 4.78 is 1.81. The van der Waals surface area contributed by atoms with Gasteiger partial charge < -0.3 is 10.6 Å². The van der Waals surface area contributed by atoms with Gasteiger partial charge in [-0.2, -0.15) is 5.10 Å². The van der Waals surface area contributed by atoms with E-state index in [0.29, 0.717) is 10.6 Å². The Labute approximate surface area is 159 Å². The van der Waals surface area contributed by atoms with E-state index in [1.807, 2.05) is 28.9 Å². The van der Waals surface area contributed by atoms with Crippen LogP contribution in [-0.2, 0) is 0 Å². The monoisotopic (exact) mass is 382 g/mol. The first-order valence-electron chi connectivity index (χ1n) is 8.41. The lowest BCUT2D eigenvalue weighted by atomic mass is 10.0. The van der Waals surface area contributed by atoms with Gasteiger partial charge in [-0.05, 0) is 43.5 Å². The SMILES string of the molecule is CC(C)c1c(C(=O)N[C@H]2CCCNC2)cnn1-c1cccc(Cl)c1.Cl. The highest BCUT2D eigenvalue weighted by atomic mass is 35.5. The Morgan fingerprint density at radius 2 is 2.24 bits per heavy atom. The van der Waals surface area contributed by atoms with Crippen LogP contribution in [-0.4, -0.2) is 34.8 Å². The second kappa shape index (κ2) is 8.70. The Morgan fingerprint density at radius 1 is 1.44 bits per heavy atom. The second-order valence-electron chi connectivity index (χ2n) is 6.51. The number of piperidine rings is 1. The van der Waals surface area contributed by atoms with Gasteiger partial charge >= 0.3 is 0 Å². The average molecular weight is 383 g/mol. The fraction of sp³-hybridized carbons (Fsp3) is 0.444. The Balaban J connectivity index is 0.00000225. The van der Waals surface area contributed by atoms with E-state index in [0.717, 1.165) is 37.3 Å². The average Bonchev–Trinajstić information content (AvgIpc) is 3.01. The summed E-state index contributed by atoms with van der Waals surface area (Å²) in [5, 5.41) is 11.5. The van der Waals surface area contributed by atoms with Gasteiger partial charge in [0.1, 0.15) is 0 Å². The van der Waals surface area contributed by atoms with Crippen molar-refractivity contribution in [3.8, 4) is 5.69 Å². The molecule has 1 aromatic carbocycles. The van der Waals surface area contributed by atoms with Crippen molar-refractivity contribution in [2.75, 3.05) is 13.1 Å². The summed E-state index contributed by atoms with van der Waals surface area (Å²) in [6.45, 7) is 5.98. The molecular weight excluding hydrogens is 359 g/mol. The molecule has 0 radical (unpaired) electrons. The van der Waals surface area contributed by atoms with E-state index in [1.165, 1.54) is 0 Å². The van der Waals surface area contributed by atoms with Gasteiger partial charge in [0, 0.05) is 17.6 Å². The first-order valence-corrected chi connectivity index (χ1v) is 8.79. The van der Waals surface area contributed by atoms with E-state index < -0.39 is 0 Å². The van der Waals surface area contributed by atoms with Crippen LogP contribution < -0.4 is 10.6 Å². The first-order chi connectivity index (χ1) is 11.6. The number of nitrogens with zero attached hydrogens (tertiary/aromatic N) is 2. The molecule has 1 aromatic heterocycles. The minimum atomic E-state index is -0.0549. The highest BCUT2D eigenvalue weighted by Crippen LogP contribution is 2.24. The normalized spacial score (nSPS) is 17.2. The molecule has 1 atom stereocenters. The van der Waals surface area contributed by atoms with Crippen molar-refractivity contribution in [2.24, 2.45) is 0 Å². The topological polar surface area (TPSA) is 59.0 Å². The molecular formula is C18H24Cl2N4O. The molecule has 7 heteroatoms. The molecule has 2 aromatic rings. The fourth-order valence-electron chi connectivity index (χ4n) is 3.14. The number of halogens is 2. The second-order valence-corrected chi connectivity index (χ2v) is 6.94. The molecule has 2 heterocycles. The highest BCUT2D eigenvalue weighted by molar-refractivity contribution is 6.30. The molecule has 5 nitrogen and oxygen atoms in total. The van der Waals surface area contributed by atoms with E-state index in [4.69, 9.17) is 11.6 Å². The lowest BCUT2D eigenvalue weighted by molar-refractivity contribution is 0.0929. The smallest absolute Gasteiger partial charge is 0.255 e. The maximum Gasteiger partial charge on any atom is 0.255 e. The number of hydrogen-bond acceptors (Lipinski definition) is 3. The van der Waals surface area contributed by atoms with Gasteiger partial charge in [-0.15, -0.1) is 12.4 Å². The lowest BCUT2D eigenvalue weighted by Gasteiger charge is -2.24. The summed E-state index contributed by atoms with van der Waals surface area (Å²) in [6, 6.07) is 7.69. The molecule has 0 unspecified atom stereocenters. The van der Waals surface area contributed by atoms with Crippen LogP contribution in [0.3, 0.4) is 0 Å². The van der Waals surface area contributed by atoms with E-state index in [-0.39, 0.29) is 30.3 Å². The van der Waals surface area contributed by atoms with Crippen LogP contribution in [0.4, 0.5) is 0 Å². The molecule has 0 aliphatic carbocycles. The van der Waals surface area contributed by atoms with Crippen LogP contribution >= 0.6 is 24.0 Å². The van der Waals surface area contributed by atoms with Crippen molar-refractivity contribution in [1.29, 1.82) is 0 Å². The summed E-state index contributed by atoms with van der Waals surface area (Å²) >= 11 is 6.10. The molecule has 0 spiro atoms. The third-order valence-electron chi connectivity index (χ3n) is 4.28. The van der Waals surface area contributed by atoms with Crippen LogP contribution in [0.2, 0.25) is 5.02 Å². The molecule has 1 aliphatic rings. The first kappa shape index (κ1) is 19.8. The van der Waals surface area contributed by atoms with E-state index in [2.05, 4.69) is 29.6 Å². The van der Waals surface area contributed by atoms with Crippen LogP contribution in [0.1, 0.15) is 48.7 Å². The maximum absolute atomic E-state index is 12.7. The van der Waals surface area contributed by atoms with Crippen LogP contribution in [0.25, 0.3) is 5.69 Å². The number of carbonyl (C=O) groups is 1. The van der Waals surface area contributed by atoms with Crippen molar-refractivity contribution in [1.82, 2.24) is 20.4 Å². The van der Waals surface area contributed by atoms with Crippen molar-refractivity contribution < 1.29 is 4.79 Å². The predicted octanol–water partition coefficient (Wildman–Crippen LogP) is 3.55. The van der Waals surface area contributed by atoms with Crippen LogP contribution in [0, 0.1) is 0 Å². The molecule has 0 bridgehead atoms. The molecule has 3 rings (SSSR count). The summed E-state index contributed by atoms with van der Waals surface area (Å²) in [6.07, 6.45) is 3.75. The number of carbonyl (C=O) groups excluding carboxylic acids is 1. The Bertz CT molecular complexity index is 724. The molecule has 0 saturated carbocycles. The Morgan fingerprint density at radius 3 is 2.88 bits per heavy atom. The molecule has 1 saturated heterocycles. The van der Waals surface area contributed by atoms with Gasteiger partial charge in [-0.3, -0.25) is 4.79 Å².